The van der Waals surface area contributed by atoms with Crippen molar-refractivity contribution in [1.82, 2.24) is 15.1 Å². The van der Waals surface area contributed by atoms with E-state index >= 15 is 0 Å². The van der Waals surface area contributed by atoms with Crippen LogP contribution in [0.5, 0.6) is 0 Å². The van der Waals surface area contributed by atoms with Gasteiger partial charge in [0.1, 0.15) is 5.82 Å². The van der Waals surface area contributed by atoms with Crippen LogP contribution in [0.15, 0.2) is 29.3 Å². The van der Waals surface area contributed by atoms with Crippen LogP contribution in [0.4, 0.5) is 4.39 Å². The van der Waals surface area contributed by atoms with Crippen LogP contribution in [0, 0.1) is 5.82 Å². The molecule has 6 heteroatoms. The third kappa shape index (κ3) is 5.80. The second-order valence-corrected chi connectivity index (χ2v) is 5.99. The van der Waals surface area contributed by atoms with Gasteiger partial charge in [0, 0.05) is 32.7 Å². The molecule has 23 heavy (non-hydrogen) atoms. The number of guanidine groups is 1. The van der Waals surface area contributed by atoms with Gasteiger partial charge in [-0.2, -0.15) is 0 Å². The molecule has 1 aliphatic rings. The lowest BCUT2D eigenvalue weighted by Gasteiger charge is -2.21. The van der Waals surface area contributed by atoms with E-state index in [1.165, 1.54) is 12.1 Å². The second-order valence-electron chi connectivity index (χ2n) is 5.99. The van der Waals surface area contributed by atoms with E-state index in [-0.39, 0.29) is 11.9 Å². The summed E-state index contributed by atoms with van der Waals surface area (Å²) in [6.45, 7) is 6.64. The summed E-state index contributed by atoms with van der Waals surface area (Å²) in [5, 5.41) is 12.9. The molecule has 0 unspecified atom stereocenters. The topological polar surface area (TPSA) is 51.1 Å². The van der Waals surface area contributed by atoms with Crippen LogP contribution < -0.4 is 5.32 Å². The Kier molecular flexibility index (Phi) is 6.80. The molecule has 0 saturated carbocycles. The van der Waals surface area contributed by atoms with Crippen LogP contribution in [-0.4, -0.2) is 66.7 Å². The smallest absolute Gasteiger partial charge is 0.194 e. The summed E-state index contributed by atoms with van der Waals surface area (Å²) >= 11 is 0. The van der Waals surface area contributed by atoms with Gasteiger partial charge in [0.05, 0.1) is 12.6 Å². The van der Waals surface area contributed by atoms with Crippen molar-refractivity contribution in [2.75, 3.05) is 39.8 Å². The first-order valence-corrected chi connectivity index (χ1v) is 8.22. The number of halogens is 1. The summed E-state index contributed by atoms with van der Waals surface area (Å²) in [5.74, 6) is 0.670. The molecule has 1 fully saturated rings. The molecule has 0 aliphatic carbocycles. The first-order valence-electron chi connectivity index (χ1n) is 8.22. The summed E-state index contributed by atoms with van der Waals surface area (Å²) in [7, 11) is 2.03. The highest BCUT2D eigenvalue weighted by molar-refractivity contribution is 5.80. The molecule has 0 aromatic heterocycles. The molecule has 128 valence electrons. The molecule has 0 radical (unpaired) electrons. The predicted molar refractivity (Wildman–Crippen MR) is 90.9 cm³/mol. The predicted octanol–water partition coefficient (Wildman–Crippen LogP) is 1.29. The van der Waals surface area contributed by atoms with Gasteiger partial charge >= 0.3 is 0 Å². The number of β-amino-alcohol motifs (C(OH)–C–C–N with tert-alkyl or cyclic N) is 1. The van der Waals surface area contributed by atoms with Crippen LogP contribution in [0.2, 0.25) is 0 Å². The average molecular weight is 322 g/mol. The summed E-state index contributed by atoms with van der Waals surface area (Å²) in [6.07, 6.45) is 0.550. The highest BCUT2D eigenvalue weighted by Gasteiger charge is 2.22. The summed E-state index contributed by atoms with van der Waals surface area (Å²) < 4.78 is 12.9. The van der Waals surface area contributed by atoms with E-state index in [1.54, 1.807) is 0 Å². The van der Waals surface area contributed by atoms with Crippen molar-refractivity contribution in [3.8, 4) is 0 Å². The molecule has 0 amide bonds. The largest absolute Gasteiger partial charge is 0.391 e. The number of benzene rings is 1. The van der Waals surface area contributed by atoms with Crippen molar-refractivity contribution in [3.63, 3.8) is 0 Å². The molecule has 1 aromatic rings. The van der Waals surface area contributed by atoms with E-state index in [1.807, 2.05) is 26.1 Å². The fourth-order valence-electron chi connectivity index (χ4n) is 2.67. The van der Waals surface area contributed by atoms with Crippen LogP contribution >= 0.6 is 0 Å². The zero-order valence-corrected chi connectivity index (χ0v) is 14.0. The Morgan fingerprint density at radius 3 is 2.78 bits per heavy atom. The normalized spacial score (nSPS) is 18.7. The van der Waals surface area contributed by atoms with Crippen LogP contribution in [0.1, 0.15) is 18.9 Å². The Labute approximate surface area is 137 Å². The number of aliphatic hydroxyl groups excluding tert-OH is 1. The third-order valence-corrected chi connectivity index (χ3v) is 3.91. The van der Waals surface area contributed by atoms with Crippen LogP contribution in [-0.2, 0) is 6.54 Å². The Morgan fingerprint density at radius 1 is 1.43 bits per heavy atom. The Hall–Kier alpha value is -1.66. The van der Waals surface area contributed by atoms with Crippen molar-refractivity contribution in [1.29, 1.82) is 0 Å². The summed E-state index contributed by atoms with van der Waals surface area (Å²) in [5.41, 5.74) is 1.09. The molecule has 1 heterocycles. The molecule has 1 aromatic carbocycles. The molecule has 5 nitrogen and oxygen atoms in total. The minimum atomic E-state index is -0.250. The molecular formula is C17H27FN4O. The lowest BCUT2D eigenvalue weighted by Crippen LogP contribution is -2.41. The van der Waals surface area contributed by atoms with Crippen molar-refractivity contribution in [2.45, 2.75) is 26.0 Å². The number of rotatable bonds is 6. The Bertz CT molecular complexity index is 506. The lowest BCUT2D eigenvalue weighted by molar-refractivity contribution is 0.187. The van der Waals surface area contributed by atoms with Gasteiger partial charge in [-0.15, -0.1) is 0 Å². The molecule has 1 atom stereocenters. The lowest BCUT2D eigenvalue weighted by atomic mass is 10.2. The minimum absolute atomic E-state index is 0.205. The van der Waals surface area contributed by atoms with E-state index in [9.17, 15) is 9.50 Å². The number of nitrogens with zero attached hydrogens (tertiary/aromatic N) is 3. The summed E-state index contributed by atoms with van der Waals surface area (Å²) in [6, 6.07) is 6.60. The molecule has 2 rings (SSSR count). The number of hydrogen-bond donors (Lipinski definition) is 2. The Balaban J connectivity index is 1.81. The third-order valence-electron chi connectivity index (χ3n) is 3.91. The number of likely N-dealkylation sites (N-methyl/N-ethyl adjacent to an activating group) is 1. The molecule has 0 bridgehead atoms. The first-order chi connectivity index (χ1) is 11.1. The van der Waals surface area contributed by atoms with Crippen LogP contribution in [0.3, 0.4) is 0 Å². The highest BCUT2D eigenvalue weighted by Crippen LogP contribution is 2.09. The fourth-order valence-corrected chi connectivity index (χ4v) is 2.67. The highest BCUT2D eigenvalue weighted by atomic mass is 19.1. The van der Waals surface area contributed by atoms with E-state index in [0.29, 0.717) is 13.1 Å². The molecule has 1 aliphatic heterocycles. The van der Waals surface area contributed by atoms with Gasteiger partial charge in [-0.1, -0.05) is 12.1 Å². The van der Waals surface area contributed by atoms with Crippen LogP contribution in [0.25, 0.3) is 0 Å². The van der Waals surface area contributed by atoms with Gasteiger partial charge < -0.3 is 20.2 Å². The standard InChI is InChI=1S/C17H27FN4O/c1-3-19-17(22-10-8-16(23)13-22)20-9-11-21(2)12-14-4-6-15(18)7-5-14/h4-7,16,23H,3,8-13H2,1-2H3,(H,19,20)/t16-/m1/s1. The maximum Gasteiger partial charge on any atom is 0.194 e. The van der Waals surface area contributed by atoms with Gasteiger partial charge in [-0.3, -0.25) is 4.99 Å². The van der Waals surface area contributed by atoms with E-state index in [2.05, 4.69) is 20.1 Å². The zero-order valence-electron chi connectivity index (χ0n) is 14.0. The van der Waals surface area contributed by atoms with Gasteiger partial charge in [-0.25, -0.2) is 4.39 Å². The van der Waals surface area contributed by atoms with E-state index < -0.39 is 0 Å². The first kappa shape index (κ1) is 17.7. The Morgan fingerprint density at radius 2 is 2.17 bits per heavy atom. The number of aliphatic hydroxyl groups is 1. The molecule has 1 saturated heterocycles. The molecule has 2 N–H and O–H groups in total. The number of likely N-dealkylation sites (tertiary alicyclic amines) is 1. The molecular weight excluding hydrogens is 295 g/mol. The second kappa shape index (κ2) is 8.84. The maximum absolute atomic E-state index is 12.9. The number of hydrogen-bond acceptors (Lipinski definition) is 3. The van der Waals surface area contributed by atoms with Crippen molar-refractivity contribution < 1.29 is 9.50 Å². The number of nitrogens with one attached hydrogen (secondary N) is 1. The zero-order chi connectivity index (χ0) is 16.7. The summed E-state index contributed by atoms with van der Waals surface area (Å²) in [4.78, 5) is 8.92. The molecule has 0 spiro atoms. The maximum atomic E-state index is 12.9. The monoisotopic (exact) mass is 322 g/mol. The quantitative estimate of drug-likeness (QED) is 0.612. The van der Waals surface area contributed by atoms with Gasteiger partial charge in [0.15, 0.2) is 5.96 Å². The van der Waals surface area contributed by atoms with Gasteiger partial charge in [0.25, 0.3) is 0 Å². The fraction of sp³-hybridized carbons (Fsp3) is 0.588. The van der Waals surface area contributed by atoms with Crippen molar-refractivity contribution >= 4 is 5.96 Å². The minimum Gasteiger partial charge on any atom is -0.391 e. The SMILES string of the molecule is CCNC(=NCCN(C)Cc1ccc(F)cc1)N1CC[C@@H](O)C1. The van der Waals surface area contributed by atoms with Gasteiger partial charge in [-0.05, 0) is 38.1 Å². The van der Waals surface area contributed by atoms with Gasteiger partial charge in [0.2, 0.25) is 0 Å². The average Bonchev–Trinajstić information content (AvgIpc) is 2.95. The van der Waals surface area contributed by atoms with Crippen molar-refractivity contribution in [3.05, 3.63) is 35.6 Å². The van der Waals surface area contributed by atoms with Crippen molar-refractivity contribution in [2.24, 2.45) is 4.99 Å². The van der Waals surface area contributed by atoms with E-state index in [0.717, 1.165) is 44.1 Å². The number of aliphatic imine (C=N–C) groups is 1. The van der Waals surface area contributed by atoms with E-state index in [4.69, 9.17) is 0 Å².